The van der Waals surface area contributed by atoms with Crippen LogP contribution >= 0.6 is 0 Å². The zero-order valence-corrected chi connectivity index (χ0v) is 13.5. The second-order valence-corrected chi connectivity index (χ2v) is 6.47. The van der Waals surface area contributed by atoms with Gasteiger partial charge in [-0.1, -0.05) is 24.3 Å². The third kappa shape index (κ3) is 2.57. The van der Waals surface area contributed by atoms with Crippen LogP contribution in [0.4, 0.5) is 0 Å². The normalized spacial score (nSPS) is 21.7. The van der Waals surface area contributed by atoms with Crippen molar-refractivity contribution < 1.29 is 9.53 Å². The van der Waals surface area contributed by atoms with Crippen molar-refractivity contribution in [3.8, 4) is 0 Å². The number of H-pyrrole nitrogens is 1. The van der Waals surface area contributed by atoms with Crippen LogP contribution in [0.2, 0.25) is 0 Å². The minimum Gasteiger partial charge on any atom is -0.368 e. The van der Waals surface area contributed by atoms with Crippen LogP contribution in [0.1, 0.15) is 30.4 Å². The van der Waals surface area contributed by atoms with Gasteiger partial charge in [-0.25, -0.2) is 0 Å². The van der Waals surface area contributed by atoms with Gasteiger partial charge in [0.05, 0.1) is 0 Å². The smallest absolute Gasteiger partial charge is 0.251 e. The molecule has 1 saturated heterocycles. The molecule has 4 rings (SSSR count). The quantitative estimate of drug-likeness (QED) is 0.925. The van der Waals surface area contributed by atoms with E-state index in [9.17, 15) is 4.79 Å². The molecule has 1 fully saturated rings. The summed E-state index contributed by atoms with van der Waals surface area (Å²) in [5, 5.41) is 1.27. The third-order valence-electron chi connectivity index (χ3n) is 5.00. The lowest BCUT2D eigenvalue weighted by molar-refractivity contribution is -0.140. The van der Waals surface area contributed by atoms with Crippen LogP contribution in [0.5, 0.6) is 0 Å². The van der Waals surface area contributed by atoms with Crippen LogP contribution in [0, 0.1) is 6.92 Å². The van der Waals surface area contributed by atoms with E-state index in [4.69, 9.17) is 4.74 Å². The van der Waals surface area contributed by atoms with E-state index in [1.54, 1.807) is 0 Å². The lowest BCUT2D eigenvalue weighted by Gasteiger charge is -2.28. The van der Waals surface area contributed by atoms with Crippen LogP contribution in [-0.4, -0.2) is 41.6 Å². The zero-order valence-electron chi connectivity index (χ0n) is 13.5. The first-order valence-electron chi connectivity index (χ1n) is 8.40. The van der Waals surface area contributed by atoms with Crippen molar-refractivity contribution in [2.45, 2.75) is 32.3 Å². The number of carbonyl (C=O) groups excluding carboxylic acids is 1. The van der Waals surface area contributed by atoms with Crippen LogP contribution < -0.4 is 0 Å². The highest BCUT2D eigenvalue weighted by atomic mass is 16.5. The van der Waals surface area contributed by atoms with E-state index in [1.807, 2.05) is 4.90 Å². The van der Waals surface area contributed by atoms with Crippen molar-refractivity contribution in [1.29, 1.82) is 0 Å². The van der Waals surface area contributed by atoms with E-state index in [2.05, 4.69) is 42.4 Å². The van der Waals surface area contributed by atoms with Crippen molar-refractivity contribution in [3.05, 3.63) is 41.6 Å². The molecule has 1 aromatic carbocycles. The molecular formula is C19H22N2O2. The minimum absolute atomic E-state index is 0.160. The summed E-state index contributed by atoms with van der Waals surface area (Å²) >= 11 is 0. The lowest BCUT2D eigenvalue weighted by atomic mass is 9.98. The molecule has 2 aromatic rings. The Morgan fingerprint density at radius 2 is 2.30 bits per heavy atom. The Labute approximate surface area is 136 Å². The Hall–Kier alpha value is -2.07. The first-order valence-corrected chi connectivity index (χ1v) is 8.40. The van der Waals surface area contributed by atoms with Gasteiger partial charge < -0.3 is 14.6 Å². The summed E-state index contributed by atoms with van der Waals surface area (Å²) in [6, 6.07) is 6.39. The van der Waals surface area contributed by atoms with E-state index >= 15 is 0 Å². The van der Waals surface area contributed by atoms with Crippen LogP contribution in [0.3, 0.4) is 0 Å². The van der Waals surface area contributed by atoms with Crippen molar-refractivity contribution in [2.75, 3.05) is 19.7 Å². The maximum absolute atomic E-state index is 12.4. The largest absolute Gasteiger partial charge is 0.368 e. The van der Waals surface area contributed by atoms with Gasteiger partial charge in [-0.3, -0.25) is 4.79 Å². The molecule has 2 aliphatic rings. The van der Waals surface area contributed by atoms with E-state index in [1.165, 1.54) is 27.6 Å². The third-order valence-corrected chi connectivity index (χ3v) is 5.00. The number of benzene rings is 1. The highest BCUT2D eigenvalue weighted by Gasteiger charge is 2.29. The molecule has 23 heavy (non-hydrogen) atoms. The molecule has 1 unspecified atom stereocenters. The van der Waals surface area contributed by atoms with Crippen LogP contribution in [0.15, 0.2) is 30.5 Å². The van der Waals surface area contributed by atoms with Gasteiger partial charge >= 0.3 is 0 Å². The van der Waals surface area contributed by atoms with E-state index in [0.29, 0.717) is 6.54 Å². The fraction of sp³-hybridized carbons (Fsp3) is 0.421. The Bertz CT molecular complexity index is 769. The van der Waals surface area contributed by atoms with Gasteiger partial charge in [0.2, 0.25) is 0 Å². The van der Waals surface area contributed by atoms with Crippen molar-refractivity contribution >= 4 is 22.4 Å². The van der Waals surface area contributed by atoms with E-state index < -0.39 is 0 Å². The summed E-state index contributed by atoms with van der Waals surface area (Å²) in [5.41, 5.74) is 5.08. The number of hydrogen-bond acceptors (Lipinski definition) is 2. The molecule has 1 N–H and O–H groups in total. The van der Waals surface area contributed by atoms with Gasteiger partial charge in [-0.05, 0) is 37.3 Å². The molecule has 4 heteroatoms. The monoisotopic (exact) mass is 310 g/mol. The molecular weight excluding hydrogens is 288 g/mol. The van der Waals surface area contributed by atoms with Gasteiger partial charge in [0.25, 0.3) is 5.91 Å². The molecule has 0 saturated carbocycles. The number of ether oxygens (including phenoxy) is 1. The highest BCUT2D eigenvalue weighted by Crippen LogP contribution is 2.31. The molecule has 1 aromatic heterocycles. The molecule has 0 bridgehead atoms. The predicted molar refractivity (Wildman–Crippen MR) is 91.2 cm³/mol. The summed E-state index contributed by atoms with van der Waals surface area (Å²) in [6.07, 6.45) is 6.86. The molecule has 3 heterocycles. The number of amides is 1. The van der Waals surface area contributed by atoms with Crippen LogP contribution in [0.25, 0.3) is 16.5 Å². The predicted octanol–water partition coefficient (Wildman–Crippen LogP) is 3.27. The zero-order chi connectivity index (χ0) is 15.8. The fourth-order valence-electron chi connectivity index (χ4n) is 3.66. The van der Waals surface area contributed by atoms with Crippen LogP contribution in [-0.2, 0) is 9.53 Å². The summed E-state index contributed by atoms with van der Waals surface area (Å²) in [5.74, 6) is 0.160. The molecule has 0 spiro atoms. The molecule has 2 aliphatic heterocycles. The fourth-order valence-corrected chi connectivity index (χ4v) is 3.66. The number of carbonyl (C=O) groups is 1. The number of nitrogens with one attached hydrogen (secondary N) is 1. The number of aromatic amines is 1. The number of hydrogen-bond donors (Lipinski definition) is 1. The molecule has 4 nitrogen and oxygen atoms in total. The molecule has 0 radical (unpaired) electrons. The molecule has 120 valence electrons. The highest BCUT2D eigenvalue weighted by molar-refractivity contribution is 5.94. The van der Waals surface area contributed by atoms with Crippen molar-refractivity contribution in [3.63, 3.8) is 0 Å². The second-order valence-electron chi connectivity index (χ2n) is 6.47. The minimum atomic E-state index is -0.208. The van der Waals surface area contributed by atoms with E-state index in [0.717, 1.165) is 32.4 Å². The second kappa shape index (κ2) is 5.85. The Balaban J connectivity index is 1.55. The summed E-state index contributed by atoms with van der Waals surface area (Å²) < 4.78 is 5.52. The van der Waals surface area contributed by atoms with Crippen molar-refractivity contribution in [1.82, 2.24) is 9.88 Å². The summed E-state index contributed by atoms with van der Waals surface area (Å²) in [4.78, 5) is 17.7. The average molecular weight is 310 g/mol. The lowest BCUT2D eigenvalue weighted by Crippen LogP contribution is -2.41. The standard InChI is InChI=1S/C19H22N2O2/c1-13-4-2-5-15-16(12-20-18(13)15)14-7-9-21(10-8-14)19(22)17-6-3-11-23-17/h2,4-5,7,12,17,20H,3,6,8-11H2,1H3. The average Bonchev–Trinajstić information content (AvgIpc) is 3.25. The van der Waals surface area contributed by atoms with Gasteiger partial charge in [0.15, 0.2) is 0 Å². The molecule has 0 aliphatic carbocycles. The summed E-state index contributed by atoms with van der Waals surface area (Å²) in [6.45, 7) is 4.31. The Morgan fingerprint density at radius 1 is 1.39 bits per heavy atom. The Morgan fingerprint density at radius 3 is 3.04 bits per heavy atom. The number of para-hydroxylation sites is 1. The number of nitrogens with zero attached hydrogens (tertiary/aromatic N) is 1. The number of aromatic nitrogens is 1. The maximum Gasteiger partial charge on any atom is 0.251 e. The molecule has 1 amide bonds. The number of aryl methyl sites for hydroxylation is 1. The van der Waals surface area contributed by atoms with Gasteiger partial charge in [0.1, 0.15) is 6.10 Å². The van der Waals surface area contributed by atoms with Gasteiger partial charge in [-0.15, -0.1) is 0 Å². The van der Waals surface area contributed by atoms with Gasteiger partial charge in [0, 0.05) is 42.4 Å². The van der Waals surface area contributed by atoms with Crippen molar-refractivity contribution in [2.24, 2.45) is 0 Å². The first kappa shape index (κ1) is 14.5. The van der Waals surface area contributed by atoms with E-state index in [-0.39, 0.29) is 12.0 Å². The SMILES string of the molecule is Cc1cccc2c(C3=CCN(C(=O)C4CCCO4)CC3)c[nH]c12. The first-order chi connectivity index (χ1) is 11.2. The molecule has 1 atom stereocenters. The summed E-state index contributed by atoms with van der Waals surface area (Å²) in [7, 11) is 0. The maximum atomic E-state index is 12.4. The Kier molecular flexibility index (Phi) is 3.69. The topological polar surface area (TPSA) is 45.3 Å². The number of fused-ring (bicyclic) bond motifs is 1. The van der Waals surface area contributed by atoms with Gasteiger partial charge in [-0.2, -0.15) is 0 Å². The number of rotatable bonds is 2.